The zero-order chi connectivity index (χ0) is 21.7. The topological polar surface area (TPSA) is 96.4 Å². The normalized spacial score (nSPS) is 15.1. The maximum Gasteiger partial charge on any atom is 0.228 e. The zero-order valence-electron chi connectivity index (χ0n) is 16.7. The molecule has 1 N–H and O–H groups in total. The molecule has 2 amide bonds. The highest BCUT2D eigenvalue weighted by Gasteiger charge is 2.28. The summed E-state index contributed by atoms with van der Waals surface area (Å²) in [5.74, 6) is -0.235. The summed E-state index contributed by atoms with van der Waals surface area (Å²) in [6, 6.07) is 10.1. The molecule has 0 bridgehead atoms. The first-order chi connectivity index (χ1) is 14.2. The van der Waals surface area contributed by atoms with Gasteiger partial charge >= 0.3 is 0 Å². The quantitative estimate of drug-likeness (QED) is 0.666. The second-order valence-electron chi connectivity index (χ2n) is 7.39. The molecular formula is C21H24BrN3O4S. The average molecular weight is 494 g/mol. The first-order valence-corrected chi connectivity index (χ1v) is 12.2. The number of piperidine rings is 1. The molecule has 1 aromatic heterocycles. The number of carbonyl (C=O) groups is 2. The van der Waals surface area contributed by atoms with Crippen LogP contribution in [0.3, 0.4) is 0 Å². The van der Waals surface area contributed by atoms with Gasteiger partial charge in [-0.25, -0.2) is 13.4 Å². The third-order valence-corrected chi connectivity index (χ3v) is 7.36. The fourth-order valence-corrected chi connectivity index (χ4v) is 4.78. The van der Waals surface area contributed by atoms with Gasteiger partial charge in [0.05, 0.1) is 10.6 Å². The Kier molecular flexibility index (Phi) is 7.25. The van der Waals surface area contributed by atoms with Crippen molar-refractivity contribution in [3.05, 3.63) is 52.6 Å². The van der Waals surface area contributed by atoms with E-state index in [0.29, 0.717) is 31.7 Å². The number of benzene rings is 1. The first kappa shape index (κ1) is 22.4. The number of carbonyl (C=O) groups excluding carboxylic acids is 2. The number of pyridine rings is 1. The summed E-state index contributed by atoms with van der Waals surface area (Å²) in [5.41, 5.74) is 0.979. The molecule has 30 heavy (non-hydrogen) atoms. The minimum atomic E-state index is -3.49. The molecule has 1 fully saturated rings. The number of amides is 2. The molecule has 2 aromatic rings. The number of hydrogen-bond donors (Lipinski definition) is 1. The third-order valence-electron chi connectivity index (χ3n) is 5.16. The Labute approximate surface area is 184 Å². The van der Waals surface area contributed by atoms with Crippen molar-refractivity contribution in [2.75, 3.05) is 24.2 Å². The second kappa shape index (κ2) is 9.70. The van der Waals surface area contributed by atoms with E-state index in [-0.39, 0.29) is 34.8 Å². The summed E-state index contributed by atoms with van der Waals surface area (Å²) < 4.78 is 25.7. The lowest BCUT2D eigenvalue weighted by Gasteiger charge is -2.31. The Morgan fingerprint density at radius 2 is 1.80 bits per heavy atom. The van der Waals surface area contributed by atoms with Crippen molar-refractivity contribution in [1.29, 1.82) is 0 Å². The lowest BCUT2D eigenvalue weighted by molar-refractivity contribution is -0.134. The number of aromatic nitrogens is 1. The number of halogens is 1. The molecule has 1 aromatic carbocycles. The average Bonchev–Trinajstić information content (AvgIpc) is 2.74. The van der Waals surface area contributed by atoms with Gasteiger partial charge in [0.2, 0.25) is 11.8 Å². The van der Waals surface area contributed by atoms with Gasteiger partial charge in [0, 0.05) is 36.1 Å². The monoisotopic (exact) mass is 493 g/mol. The number of anilines is 1. The van der Waals surface area contributed by atoms with Crippen molar-refractivity contribution in [2.45, 2.75) is 31.1 Å². The molecule has 0 atom stereocenters. The summed E-state index contributed by atoms with van der Waals surface area (Å²) in [4.78, 5) is 30.9. The number of nitrogens with one attached hydrogen (secondary N) is 1. The molecular weight excluding hydrogens is 470 g/mol. The maximum absolute atomic E-state index is 12.5. The second-order valence-corrected chi connectivity index (χ2v) is 10.4. The van der Waals surface area contributed by atoms with Crippen LogP contribution in [0.5, 0.6) is 0 Å². The van der Waals surface area contributed by atoms with Crippen molar-refractivity contribution in [1.82, 2.24) is 9.88 Å². The maximum atomic E-state index is 12.5. The van der Waals surface area contributed by atoms with Gasteiger partial charge in [-0.3, -0.25) is 9.59 Å². The van der Waals surface area contributed by atoms with E-state index in [1.165, 1.54) is 0 Å². The highest BCUT2D eigenvalue weighted by molar-refractivity contribution is 9.10. The van der Waals surface area contributed by atoms with Gasteiger partial charge in [-0.2, -0.15) is 0 Å². The number of likely N-dealkylation sites (tertiary alicyclic amines) is 1. The molecule has 7 nitrogen and oxygen atoms in total. The Hall–Kier alpha value is -2.26. The Balaban J connectivity index is 1.47. The van der Waals surface area contributed by atoms with Gasteiger partial charge in [-0.15, -0.1) is 0 Å². The van der Waals surface area contributed by atoms with Crippen LogP contribution in [0.25, 0.3) is 0 Å². The van der Waals surface area contributed by atoms with E-state index in [4.69, 9.17) is 0 Å². The van der Waals surface area contributed by atoms with Gasteiger partial charge < -0.3 is 10.2 Å². The predicted molar refractivity (Wildman–Crippen MR) is 118 cm³/mol. The van der Waals surface area contributed by atoms with Crippen LogP contribution < -0.4 is 5.32 Å². The summed E-state index contributed by atoms with van der Waals surface area (Å²) >= 11 is 3.30. The minimum Gasteiger partial charge on any atom is -0.343 e. The molecule has 0 saturated carbocycles. The molecule has 1 aliphatic heterocycles. The summed E-state index contributed by atoms with van der Waals surface area (Å²) in [6.45, 7) is 2.77. The molecule has 0 unspecified atom stereocenters. The van der Waals surface area contributed by atoms with E-state index in [1.807, 2.05) is 6.92 Å². The van der Waals surface area contributed by atoms with Crippen molar-refractivity contribution in [2.24, 2.45) is 5.92 Å². The highest BCUT2D eigenvalue weighted by atomic mass is 79.9. The molecule has 0 spiro atoms. The van der Waals surface area contributed by atoms with Crippen LogP contribution in [-0.4, -0.2) is 49.0 Å². The predicted octanol–water partition coefficient (Wildman–Crippen LogP) is 3.19. The van der Waals surface area contributed by atoms with Gasteiger partial charge in [0.15, 0.2) is 9.84 Å². The summed E-state index contributed by atoms with van der Waals surface area (Å²) in [7, 11) is -3.49. The van der Waals surface area contributed by atoms with Crippen LogP contribution in [0.1, 0.15) is 24.8 Å². The first-order valence-electron chi connectivity index (χ1n) is 9.74. The number of hydrogen-bond acceptors (Lipinski definition) is 5. The lowest BCUT2D eigenvalue weighted by atomic mass is 9.95. The molecule has 1 aliphatic rings. The number of rotatable bonds is 6. The smallest absolute Gasteiger partial charge is 0.228 e. The fraction of sp³-hybridized carbons (Fsp3) is 0.381. The molecule has 0 aliphatic carbocycles. The van der Waals surface area contributed by atoms with E-state index in [9.17, 15) is 18.0 Å². The largest absolute Gasteiger partial charge is 0.343 e. The van der Waals surface area contributed by atoms with E-state index >= 15 is 0 Å². The standard InChI is InChI=1S/C21H24BrN3O4S/c1-15-2-5-18(6-3-15)30(28,29)13-10-20(26)25-11-8-16(9-12-25)21(27)24-19-7-4-17(22)14-23-19/h2-7,14,16H,8-13H2,1H3,(H,23,24,27). The third kappa shape index (κ3) is 5.89. The number of nitrogens with zero attached hydrogens (tertiary/aromatic N) is 2. The Bertz CT molecular complexity index is 1000. The summed E-state index contributed by atoms with van der Waals surface area (Å²) in [6.07, 6.45) is 2.63. The fourth-order valence-electron chi connectivity index (χ4n) is 3.31. The van der Waals surface area contributed by atoms with E-state index in [2.05, 4.69) is 26.2 Å². The summed E-state index contributed by atoms with van der Waals surface area (Å²) in [5, 5.41) is 2.80. The van der Waals surface area contributed by atoms with Crippen LogP contribution in [0, 0.1) is 12.8 Å². The number of aryl methyl sites for hydroxylation is 1. The van der Waals surface area contributed by atoms with Gasteiger partial charge in [0.1, 0.15) is 5.82 Å². The highest BCUT2D eigenvalue weighted by Crippen LogP contribution is 2.21. The zero-order valence-corrected chi connectivity index (χ0v) is 19.1. The van der Waals surface area contributed by atoms with Crippen LogP contribution >= 0.6 is 15.9 Å². The molecule has 0 radical (unpaired) electrons. The van der Waals surface area contributed by atoms with Crippen molar-refractivity contribution in [3.8, 4) is 0 Å². The van der Waals surface area contributed by atoms with Crippen LogP contribution in [0.4, 0.5) is 5.82 Å². The molecule has 9 heteroatoms. The van der Waals surface area contributed by atoms with Gasteiger partial charge in [-0.05, 0) is 60.0 Å². The van der Waals surface area contributed by atoms with E-state index in [0.717, 1.165) is 10.0 Å². The van der Waals surface area contributed by atoms with Crippen LogP contribution in [-0.2, 0) is 19.4 Å². The van der Waals surface area contributed by atoms with Crippen LogP contribution in [0.15, 0.2) is 52.0 Å². The molecule has 160 valence electrons. The minimum absolute atomic E-state index is 0.0596. The van der Waals surface area contributed by atoms with E-state index < -0.39 is 9.84 Å². The van der Waals surface area contributed by atoms with Crippen molar-refractivity contribution < 1.29 is 18.0 Å². The number of sulfone groups is 1. The van der Waals surface area contributed by atoms with Gasteiger partial charge in [0.25, 0.3) is 0 Å². The lowest BCUT2D eigenvalue weighted by Crippen LogP contribution is -2.42. The SMILES string of the molecule is Cc1ccc(S(=O)(=O)CCC(=O)N2CCC(C(=O)Nc3ccc(Br)cn3)CC2)cc1. The molecule has 1 saturated heterocycles. The van der Waals surface area contributed by atoms with Gasteiger partial charge in [-0.1, -0.05) is 17.7 Å². The van der Waals surface area contributed by atoms with Crippen LogP contribution in [0.2, 0.25) is 0 Å². The molecule has 2 heterocycles. The van der Waals surface area contributed by atoms with Crippen molar-refractivity contribution in [3.63, 3.8) is 0 Å². The van der Waals surface area contributed by atoms with Crippen molar-refractivity contribution >= 4 is 43.4 Å². The Morgan fingerprint density at radius 1 is 1.13 bits per heavy atom. The Morgan fingerprint density at radius 3 is 2.40 bits per heavy atom. The molecule has 3 rings (SSSR count). The van der Waals surface area contributed by atoms with E-state index in [1.54, 1.807) is 47.5 Å².